The Morgan fingerprint density at radius 2 is 1.81 bits per heavy atom. The fourth-order valence-corrected chi connectivity index (χ4v) is 4.58. The van der Waals surface area contributed by atoms with Gasteiger partial charge in [-0.1, -0.05) is 0 Å². The summed E-state index contributed by atoms with van der Waals surface area (Å²) in [6.45, 7) is 2.77. The van der Waals surface area contributed by atoms with E-state index in [1.807, 2.05) is 0 Å². The van der Waals surface area contributed by atoms with Crippen LogP contribution in [0.15, 0.2) is 23.2 Å². The molecule has 10 heteroatoms. The molecule has 2 aliphatic rings. The first-order chi connectivity index (χ1) is 12.4. The summed E-state index contributed by atoms with van der Waals surface area (Å²) in [5.74, 6) is 0.743. The SMILES string of the molecule is O=C(O)N[C@H]1CC[C@H](NS(=O)(=O)c2ccc(N3CCOCC3)nc2)CC1. The van der Waals surface area contributed by atoms with E-state index >= 15 is 0 Å². The van der Waals surface area contributed by atoms with Gasteiger partial charge in [0, 0.05) is 31.4 Å². The molecule has 1 aliphatic heterocycles. The molecule has 144 valence electrons. The number of rotatable bonds is 5. The van der Waals surface area contributed by atoms with Gasteiger partial charge in [0.2, 0.25) is 10.0 Å². The molecule has 9 nitrogen and oxygen atoms in total. The van der Waals surface area contributed by atoms with Crippen LogP contribution in [0.25, 0.3) is 0 Å². The molecule has 1 aliphatic carbocycles. The van der Waals surface area contributed by atoms with Crippen molar-refractivity contribution in [1.82, 2.24) is 15.0 Å². The van der Waals surface area contributed by atoms with Crippen molar-refractivity contribution in [3.05, 3.63) is 18.3 Å². The second-order valence-electron chi connectivity index (χ2n) is 6.57. The highest BCUT2D eigenvalue weighted by Gasteiger charge is 2.26. The molecule has 1 saturated carbocycles. The highest BCUT2D eigenvalue weighted by Crippen LogP contribution is 2.21. The third-order valence-electron chi connectivity index (χ3n) is 4.74. The average Bonchev–Trinajstić information content (AvgIpc) is 2.64. The summed E-state index contributed by atoms with van der Waals surface area (Å²) < 4.78 is 33.1. The molecule has 1 amide bonds. The summed E-state index contributed by atoms with van der Waals surface area (Å²) in [4.78, 5) is 17.1. The van der Waals surface area contributed by atoms with Gasteiger partial charge in [-0.3, -0.25) is 0 Å². The van der Waals surface area contributed by atoms with Gasteiger partial charge in [-0.05, 0) is 37.8 Å². The van der Waals surface area contributed by atoms with E-state index in [0.717, 1.165) is 18.9 Å². The highest BCUT2D eigenvalue weighted by molar-refractivity contribution is 7.89. The Morgan fingerprint density at radius 1 is 1.15 bits per heavy atom. The Kier molecular flexibility index (Phi) is 5.94. The Balaban J connectivity index is 1.57. The topological polar surface area (TPSA) is 121 Å². The van der Waals surface area contributed by atoms with Crippen LogP contribution in [0.2, 0.25) is 0 Å². The normalized spacial score (nSPS) is 24.2. The summed E-state index contributed by atoms with van der Waals surface area (Å²) in [6.07, 6.45) is 2.78. The number of nitrogens with zero attached hydrogens (tertiary/aromatic N) is 2. The minimum absolute atomic E-state index is 0.109. The number of hydrogen-bond acceptors (Lipinski definition) is 6. The van der Waals surface area contributed by atoms with Crippen molar-refractivity contribution in [2.75, 3.05) is 31.2 Å². The second kappa shape index (κ2) is 8.19. The quantitative estimate of drug-likeness (QED) is 0.686. The molecule has 3 N–H and O–H groups in total. The number of carbonyl (C=O) groups is 1. The van der Waals surface area contributed by atoms with Gasteiger partial charge in [-0.15, -0.1) is 0 Å². The number of carboxylic acid groups (broad SMARTS) is 1. The van der Waals surface area contributed by atoms with Crippen LogP contribution < -0.4 is 14.9 Å². The Labute approximate surface area is 152 Å². The molecule has 1 saturated heterocycles. The number of amides is 1. The number of ether oxygens (including phenoxy) is 1. The molecule has 2 heterocycles. The third kappa shape index (κ3) is 4.83. The van der Waals surface area contributed by atoms with E-state index in [0.29, 0.717) is 38.9 Å². The summed E-state index contributed by atoms with van der Waals surface area (Å²) in [6, 6.07) is 2.99. The van der Waals surface area contributed by atoms with Gasteiger partial charge < -0.3 is 20.1 Å². The molecular formula is C16H24N4O5S. The first-order valence-electron chi connectivity index (χ1n) is 8.74. The number of aromatic nitrogens is 1. The van der Waals surface area contributed by atoms with Crippen molar-refractivity contribution in [2.24, 2.45) is 0 Å². The van der Waals surface area contributed by atoms with Crippen LogP contribution in [0.5, 0.6) is 0 Å². The average molecular weight is 384 g/mol. The van der Waals surface area contributed by atoms with Crippen LogP contribution in [-0.2, 0) is 14.8 Å². The van der Waals surface area contributed by atoms with Gasteiger partial charge in [-0.25, -0.2) is 22.9 Å². The molecule has 1 aromatic heterocycles. The Hall–Kier alpha value is -1.91. The molecular weight excluding hydrogens is 360 g/mol. The van der Waals surface area contributed by atoms with Crippen molar-refractivity contribution >= 4 is 21.9 Å². The number of anilines is 1. The number of sulfonamides is 1. The maximum atomic E-state index is 12.6. The lowest BCUT2D eigenvalue weighted by Crippen LogP contribution is -2.43. The largest absolute Gasteiger partial charge is 0.465 e. The van der Waals surface area contributed by atoms with Crippen molar-refractivity contribution in [1.29, 1.82) is 0 Å². The van der Waals surface area contributed by atoms with Gasteiger partial charge in [0.25, 0.3) is 0 Å². The van der Waals surface area contributed by atoms with Crippen LogP contribution in [0.1, 0.15) is 25.7 Å². The maximum absolute atomic E-state index is 12.6. The van der Waals surface area contributed by atoms with Crippen molar-refractivity contribution < 1.29 is 23.1 Å². The summed E-state index contributed by atoms with van der Waals surface area (Å²) in [5.41, 5.74) is 0. The lowest BCUT2D eigenvalue weighted by atomic mass is 9.92. The van der Waals surface area contributed by atoms with Crippen molar-refractivity contribution in [3.8, 4) is 0 Å². The van der Waals surface area contributed by atoms with Crippen molar-refractivity contribution in [3.63, 3.8) is 0 Å². The fourth-order valence-electron chi connectivity index (χ4n) is 3.33. The second-order valence-corrected chi connectivity index (χ2v) is 8.28. The summed E-state index contributed by atoms with van der Waals surface area (Å²) in [5, 5.41) is 11.2. The summed E-state index contributed by atoms with van der Waals surface area (Å²) >= 11 is 0. The minimum Gasteiger partial charge on any atom is -0.465 e. The van der Waals surface area contributed by atoms with Crippen LogP contribution in [-0.4, -0.2) is 63.0 Å². The predicted octanol–water partition coefficient (Wildman–Crippen LogP) is 0.775. The molecule has 3 rings (SSSR count). The van der Waals surface area contributed by atoms with Gasteiger partial charge >= 0.3 is 6.09 Å². The number of hydrogen-bond donors (Lipinski definition) is 3. The van der Waals surface area contributed by atoms with E-state index in [-0.39, 0.29) is 17.0 Å². The molecule has 0 atom stereocenters. The van der Waals surface area contributed by atoms with Gasteiger partial charge in [0.1, 0.15) is 10.7 Å². The lowest BCUT2D eigenvalue weighted by molar-refractivity contribution is 0.122. The fraction of sp³-hybridized carbons (Fsp3) is 0.625. The monoisotopic (exact) mass is 384 g/mol. The zero-order valence-corrected chi connectivity index (χ0v) is 15.2. The molecule has 2 fully saturated rings. The summed E-state index contributed by atoms with van der Waals surface area (Å²) in [7, 11) is -3.64. The first kappa shape index (κ1) is 18.9. The molecule has 0 unspecified atom stereocenters. The Morgan fingerprint density at radius 3 is 2.38 bits per heavy atom. The van der Waals surface area contributed by atoms with Gasteiger partial charge in [0.15, 0.2) is 0 Å². The standard InChI is InChI=1S/C16H24N4O5S/c21-16(22)18-12-1-3-13(4-2-12)19-26(23,24)14-5-6-15(17-11-14)20-7-9-25-10-8-20/h5-6,11-13,18-19H,1-4,7-10H2,(H,21,22)/t12-,13-. The van der Waals surface area contributed by atoms with E-state index in [1.165, 1.54) is 6.20 Å². The third-order valence-corrected chi connectivity index (χ3v) is 6.25. The molecule has 0 spiro atoms. The van der Waals surface area contributed by atoms with E-state index in [4.69, 9.17) is 9.84 Å². The van der Waals surface area contributed by atoms with Crippen LogP contribution >= 0.6 is 0 Å². The number of morpholine rings is 1. The van der Waals surface area contributed by atoms with E-state index in [9.17, 15) is 13.2 Å². The zero-order chi connectivity index (χ0) is 18.6. The molecule has 26 heavy (non-hydrogen) atoms. The first-order valence-corrected chi connectivity index (χ1v) is 10.2. The Bertz CT molecular complexity index is 711. The highest BCUT2D eigenvalue weighted by atomic mass is 32.2. The molecule has 0 radical (unpaired) electrons. The molecule has 1 aromatic rings. The van der Waals surface area contributed by atoms with Crippen LogP contribution in [0, 0.1) is 0 Å². The smallest absolute Gasteiger partial charge is 0.404 e. The van der Waals surface area contributed by atoms with Gasteiger partial charge in [-0.2, -0.15) is 0 Å². The van der Waals surface area contributed by atoms with Gasteiger partial charge in [0.05, 0.1) is 13.2 Å². The van der Waals surface area contributed by atoms with E-state index in [1.54, 1.807) is 12.1 Å². The zero-order valence-electron chi connectivity index (χ0n) is 14.4. The van der Waals surface area contributed by atoms with Crippen molar-refractivity contribution in [2.45, 2.75) is 42.7 Å². The number of nitrogens with one attached hydrogen (secondary N) is 2. The minimum atomic E-state index is -3.64. The number of pyridine rings is 1. The van der Waals surface area contributed by atoms with E-state index in [2.05, 4.69) is 19.9 Å². The molecule has 0 bridgehead atoms. The predicted molar refractivity (Wildman–Crippen MR) is 94.8 cm³/mol. The van der Waals surface area contributed by atoms with Crippen LogP contribution in [0.3, 0.4) is 0 Å². The molecule has 0 aromatic carbocycles. The van der Waals surface area contributed by atoms with E-state index < -0.39 is 16.1 Å². The maximum Gasteiger partial charge on any atom is 0.404 e. The van der Waals surface area contributed by atoms with Crippen LogP contribution in [0.4, 0.5) is 10.6 Å². The lowest BCUT2D eigenvalue weighted by Gasteiger charge is -2.29.